The second kappa shape index (κ2) is 8.63. The summed E-state index contributed by atoms with van der Waals surface area (Å²) in [5.41, 5.74) is 2.84. The summed E-state index contributed by atoms with van der Waals surface area (Å²) in [6, 6.07) is 15.5. The van der Waals surface area contributed by atoms with E-state index in [1.54, 1.807) is 7.11 Å². The Morgan fingerprint density at radius 2 is 1.65 bits per heavy atom. The number of oxime groups is 1. The van der Waals surface area contributed by atoms with Gasteiger partial charge in [-0.1, -0.05) is 23.4 Å². The van der Waals surface area contributed by atoms with Crippen molar-refractivity contribution in [3.63, 3.8) is 0 Å². The molecule has 23 heavy (non-hydrogen) atoms. The molecule has 0 spiro atoms. The first-order chi connectivity index (χ1) is 11.3. The Morgan fingerprint density at radius 1 is 1.00 bits per heavy atom. The number of benzene rings is 2. The summed E-state index contributed by atoms with van der Waals surface area (Å²) >= 11 is 0. The molecule has 0 N–H and O–H groups in total. The zero-order valence-corrected chi connectivity index (χ0v) is 13.5. The van der Waals surface area contributed by atoms with Gasteiger partial charge in [-0.2, -0.15) is 0 Å². The quantitative estimate of drug-likeness (QED) is 0.422. The average Bonchev–Trinajstić information content (AvgIpc) is 2.60. The number of hydrogen-bond acceptors (Lipinski definition) is 4. The van der Waals surface area contributed by atoms with Gasteiger partial charge < -0.3 is 14.3 Å². The number of rotatable bonds is 8. The van der Waals surface area contributed by atoms with E-state index in [2.05, 4.69) is 11.7 Å². The standard InChI is InChI=1S/C19H21NO3/c1-4-5-15-6-10-18(11-7-15)23-14-19(20-22-3)16-8-12-17(21-2)13-9-16/h4,6-13H,1,5,14H2,2-3H3. The molecule has 0 heterocycles. The normalized spacial score (nSPS) is 11.0. The van der Waals surface area contributed by atoms with Crippen LogP contribution in [0.15, 0.2) is 66.3 Å². The maximum absolute atomic E-state index is 5.80. The summed E-state index contributed by atoms with van der Waals surface area (Å²) in [6.45, 7) is 4.05. The molecule has 0 aliphatic carbocycles. The van der Waals surface area contributed by atoms with Crippen LogP contribution in [0, 0.1) is 0 Å². The van der Waals surface area contributed by atoms with Crippen molar-refractivity contribution in [1.29, 1.82) is 0 Å². The predicted octanol–water partition coefficient (Wildman–Crippen LogP) is 3.85. The molecule has 2 aromatic carbocycles. The highest BCUT2D eigenvalue weighted by Crippen LogP contribution is 2.15. The van der Waals surface area contributed by atoms with E-state index in [4.69, 9.17) is 14.3 Å². The summed E-state index contributed by atoms with van der Waals surface area (Å²) in [4.78, 5) is 4.92. The lowest BCUT2D eigenvalue weighted by Crippen LogP contribution is -2.13. The van der Waals surface area contributed by atoms with Crippen molar-refractivity contribution in [1.82, 2.24) is 0 Å². The molecule has 0 saturated heterocycles. The van der Waals surface area contributed by atoms with Crippen LogP contribution in [-0.4, -0.2) is 26.5 Å². The summed E-state index contributed by atoms with van der Waals surface area (Å²) in [5, 5.41) is 4.05. The van der Waals surface area contributed by atoms with Crippen LogP contribution in [0.3, 0.4) is 0 Å². The first-order valence-corrected chi connectivity index (χ1v) is 7.34. The molecule has 0 atom stereocenters. The molecule has 0 bridgehead atoms. The Morgan fingerprint density at radius 3 is 2.22 bits per heavy atom. The number of nitrogens with zero attached hydrogens (tertiary/aromatic N) is 1. The summed E-state index contributed by atoms with van der Waals surface area (Å²) < 4.78 is 11.0. The van der Waals surface area contributed by atoms with Crippen molar-refractivity contribution in [3.05, 3.63) is 72.3 Å². The van der Waals surface area contributed by atoms with Crippen LogP contribution >= 0.6 is 0 Å². The largest absolute Gasteiger partial charge is 0.497 e. The van der Waals surface area contributed by atoms with Crippen molar-refractivity contribution in [2.45, 2.75) is 6.42 Å². The highest BCUT2D eigenvalue weighted by atomic mass is 16.6. The zero-order valence-electron chi connectivity index (χ0n) is 13.5. The topological polar surface area (TPSA) is 40.0 Å². The molecule has 4 heteroatoms. The summed E-state index contributed by atoms with van der Waals surface area (Å²) in [6.07, 6.45) is 2.73. The molecule has 0 fully saturated rings. The maximum Gasteiger partial charge on any atom is 0.134 e. The maximum atomic E-state index is 5.80. The lowest BCUT2D eigenvalue weighted by atomic mass is 10.1. The van der Waals surface area contributed by atoms with Gasteiger partial charge in [-0.15, -0.1) is 6.58 Å². The van der Waals surface area contributed by atoms with Crippen molar-refractivity contribution in [2.75, 3.05) is 20.8 Å². The number of hydrogen-bond donors (Lipinski definition) is 0. The Kier molecular flexibility index (Phi) is 6.24. The second-order valence-electron chi connectivity index (χ2n) is 4.87. The van der Waals surface area contributed by atoms with E-state index in [0.717, 1.165) is 23.5 Å². The molecule has 120 valence electrons. The predicted molar refractivity (Wildman–Crippen MR) is 92.4 cm³/mol. The van der Waals surface area contributed by atoms with Gasteiger partial charge in [0.1, 0.15) is 30.9 Å². The molecule has 0 aliphatic rings. The van der Waals surface area contributed by atoms with Crippen molar-refractivity contribution >= 4 is 5.71 Å². The molecule has 0 radical (unpaired) electrons. The van der Waals surface area contributed by atoms with Gasteiger partial charge in [-0.3, -0.25) is 0 Å². The molecule has 0 saturated carbocycles. The van der Waals surface area contributed by atoms with Crippen LogP contribution in [0.2, 0.25) is 0 Å². The van der Waals surface area contributed by atoms with Gasteiger partial charge >= 0.3 is 0 Å². The van der Waals surface area contributed by atoms with Gasteiger partial charge in [0.15, 0.2) is 0 Å². The van der Waals surface area contributed by atoms with Crippen molar-refractivity contribution < 1.29 is 14.3 Å². The van der Waals surface area contributed by atoms with E-state index >= 15 is 0 Å². The fourth-order valence-electron chi connectivity index (χ4n) is 2.10. The first-order valence-electron chi connectivity index (χ1n) is 7.34. The first kappa shape index (κ1) is 16.6. The van der Waals surface area contributed by atoms with Crippen molar-refractivity contribution in [3.8, 4) is 11.5 Å². The zero-order chi connectivity index (χ0) is 16.5. The van der Waals surface area contributed by atoms with Crippen LogP contribution < -0.4 is 9.47 Å². The second-order valence-corrected chi connectivity index (χ2v) is 4.87. The van der Waals surface area contributed by atoms with E-state index in [0.29, 0.717) is 12.3 Å². The summed E-state index contributed by atoms with van der Waals surface area (Å²) in [5.74, 6) is 1.58. The van der Waals surface area contributed by atoms with Crippen molar-refractivity contribution in [2.24, 2.45) is 5.16 Å². The van der Waals surface area contributed by atoms with Crippen LogP contribution in [-0.2, 0) is 11.3 Å². The molecule has 0 amide bonds. The van der Waals surface area contributed by atoms with Crippen LogP contribution in [0.1, 0.15) is 11.1 Å². The van der Waals surface area contributed by atoms with Gasteiger partial charge in [0.25, 0.3) is 0 Å². The van der Waals surface area contributed by atoms with Crippen LogP contribution in [0.5, 0.6) is 11.5 Å². The number of ether oxygens (including phenoxy) is 2. The van der Waals surface area contributed by atoms with E-state index in [-0.39, 0.29) is 0 Å². The van der Waals surface area contributed by atoms with E-state index in [9.17, 15) is 0 Å². The van der Waals surface area contributed by atoms with E-state index < -0.39 is 0 Å². The highest BCUT2D eigenvalue weighted by molar-refractivity contribution is 6.01. The minimum atomic E-state index is 0.320. The summed E-state index contributed by atoms with van der Waals surface area (Å²) in [7, 11) is 3.16. The lowest BCUT2D eigenvalue weighted by Gasteiger charge is -2.10. The van der Waals surface area contributed by atoms with Gasteiger partial charge in [-0.05, 0) is 48.4 Å². The van der Waals surface area contributed by atoms with Crippen LogP contribution in [0.4, 0.5) is 0 Å². The van der Waals surface area contributed by atoms with Crippen LogP contribution in [0.25, 0.3) is 0 Å². The third-order valence-electron chi connectivity index (χ3n) is 3.30. The number of methoxy groups -OCH3 is 1. The molecule has 0 unspecified atom stereocenters. The smallest absolute Gasteiger partial charge is 0.134 e. The molecule has 0 aromatic heterocycles. The Hall–Kier alpha value is -2.75. The molecular weight excluding hydrogens is 290 g/mol. The minimum Gasteiger partial charge on any atom is -0.497 e. The van der Waals surface area contributed by atoms with E-state index in [1.807, 2.05) is 54.6 Å². The fourth-order valence-corrected chi connectivity index (χ4v) is 2.10. The third-order valence-corrected chi connectivity index (χ3v) is 3.30. The van der Waals surface area contributed by atoms with Gasteiger partial charge in [0, 0.05) is 5.56 Å². The van der Waals surface area contributed by atoms with Gasteiger partial charge in [-0.25, -0.2) is 0 Å². The molecule has 2 aromatic rings. The molecule has 0 aliphatic heterocycles. The molecule has 4 nitrogen and oxygen atoms in total. The van der Waals surface area contributed by atoms with Gasteiger partial charge in [0.2, 0.25) is 0 Å². The highest BCUT2D eigenvalue weighted by Gasteiger charge is 2.07. The van der Waals surface area contributed by atoms with E-state index in [1.165, 1.54) is 12.7 Å². The Balaban J connectivity index is 2.04. The lowest BCUT2D eigenvalue weighted by molar-refractivity contribution is 0.210. The molecular formula is C19H21NO3. The Bertz CT molecular complexity index is 645. The Labute approximate surface area is 137 Å². The minimum absolute atomic E-state index is 0.320. The SMILES string of the molecule is C=CCc1ccc(OCC(=NOC)c2ccc(OC)cc2)cc1. The molecule has 2 rings (SSSR count). The average molecular weight is 311 g/mol. The third kappa shape index (κ3) is 4.88. The monoisotopic (exact) mass is 311 g/mol. The fraction of sp³-hybridized carbons (Fsp3) is 0.211. The van der Waals surface area contributed by atoms with Gasteiger partial charge in [0.05, 0.1) is 7.11 Å². The number of allylic oxidation sites excluding steroid dienone is 1.